The van der Waals surface area contributed by atoms with Crippen molar-refractivity contribution in [2.75, 3.05) is 26.7 Å². The largest absolute Gasteiger partial charge is 0.467 e. The first-order chi connectivity index (χ1) is 7.75. The number of nitrogens with one attached hydrogen (secondary N) is 1. The van der Waals surface area contributed by atoms with E-state index in [0.717, 1.165) is 25.9 Å². The molecule has 0 aromatic carbocycles. The van der Waals surface area contributed by atoms with Crippen molar-refractivity contribution in [3.05, 3.63) is 24.2 Å². The summed E-state index contributed by atoms with van der Waals surface area (Å²) in [6, 6.07) is 4.13. The third kappa shape index (κ3) is 3.07. The van der Waals surface area contributed by atoms with Crippen LogP contribution in [0.4, 0.5) is 0 Å². The minimum atomic E-state index is -0.533. The molecule has 1 unspecified atom stereocenters. The van der Waals surface area contributed by atoms with Crippen LogP contribution in [0.15, 0.2) is 22.8 Å². The predicted octanol–water partition coefficient (Wildman–Crippen LogP) is 0.997. The van der Waals surface area contributed by atoms with Gasteiger partial charge < -0.3 is 19.7 Å². The van der Waals surface area contributed by atoms with Crippen molar-refractivity contribution in [1.82, 2.24) is 10.2 Å². The fraction of sp³-hybridized carbons (Fsp3) is 0.667. The summed E-state index contributed by atoms with van der Waals surface area (Å²) in [4.78, 5) is 2.33. The lowest BCUT2D eigenvalue weighted by Crippen LogP contribution is -2.42. The van der Waals surface area contributed by atoms with Crippen molar-refractivity contribution in [2.45, 2.75) is 25.0 Å². The molecule has 90 valence electrons. The molecule has 2 N–H and O–H groups in total. The minimum Gasteiger partial charge on any atom is -0.467 e. The molecule has 1 aliphatic rings. The second-order valence-corrected chi connectivity index (χ2v) is 4.52. The van der Waals surface area contributed by atoms with Gasteiger partial charge in [0.2, 0.25) is 0 Å². The molecular formula is C12H20N2O2. The molecule has 1 aromatic rings. The molecule has 4 nitrogen and oxygen atoms in total. The molecule has 1 aliphatic heterocycles. The number of nitrogens with zero attached hydrogens (tertiary/aromatic N) is 1. The Morgan fingerprint density at radius 1 is 1.56 bits per heavy atom. The van der Waals surface area contributed by atoms with Gasteiger partial charge in [-0.1, -0.05) is 0 Å². The summed E-state index contributed by atoms with van der Waals surface area (Å²) in [5.41, 5.74) is 0. The fourth-order valence-corrected chi connectivity index (χ4v) is 2.07. The van der Waals surface area contributed by atoms with Crippen molar-refractivity contribution < 1.29 is 9.52 Å². The topological polar surface area (TPSA) is 48.6 Å². The average molecular weight is 224 g/mol. The van der Waals surface area contributed by atoms with Gasteiger partial charge in [-0.25, -0.2) is 0 Å². The van der Waals surface area contributed by atoms with Crippen LogP contribution >= 0.6 is 0 Å². The molecule has 1 atom stereocenters. The Balaban J connectivity index is 1.71. The smallest absolute Gasteiger partial charge is 0.133 e. The Morgan fingerprint density at radius 2 is 2.31 bits per heavy atom. The van der Waals surface area contributed by atoms with Crippen LogP contribution in [0.1, 0.15) is 24.7 Å². The maximum absolute atomic E-state index is 9.83. The summed E-state index contributed by atoms with van der Waals surface area (Å²) in [5.74, 6) is 0.639. The molecule has 2 rings (SSSR count). The van der Waals surface area contributed by atoms with Crippen LogP contribution in [0.5, 0.6) is 0 Å². The van der Waals surface area contributed by atoms with E-state index in [0.29, 0.717) is 18.3 Å². The van der Waals surface area contributed by atoms with E-state index in [1.54, 1.807) is 18.4 Å². The number of aliphatic hydroxyl groups is 1. The Hall–Kier alpha value is -0.840. The van der Waals surface area contributed by atoms with Gasteiger partial charge in [0.25, 0.3) is 0 Å². The van der Waals surface area contributed by atoms with Crippen LogP contribution < -0.4 is 5.32 Å². The van der Waals surface area contributed by atoms with E-state index in [1.165, 1.54) is 0 Å². The number of piperidine rings is 1. The monoisotopic (exact) mass is 224 g/mol. The molecular weight excluding hydrogens is 204 g/mol. The number of likely N-dealkylation sites (tertiary alicyclic amines) is 1. The van der Waals surface area contributed by atoms with Crippen LogP contribution in [0.3, 0.4) is 0 Å². The van der Waals surface area contributed by atoms with Crippen molar-refractivity contribution in [3.63, 3.8) is 0 Å². The number of hydrogen-bond acceptors (Lipinski definition) is 4. The molecule has 0 amide bonds. The first kappa shape index (κ1) is 11.6. The molecule has 1 aromatic heterocycles. The van der Waals surface area contributed by atoms with Gasteiger partial charge in [0, 0.05) is 12.6 Å². The van der Waals surface area contributed by atoms with Gasteiger partial charge in [0.1, 0.15) is 11.9 Å². The Kier molecular flexibility index (Phi) is 3.98. The molecule has 0 aliphatic carbocycles. The van der Waals surface area contributed by atoms with Gasteiger partial charge in [-0.05, 0) is 45.1 Å². The Morgan fingerprint density at radius 3 is 2.94 bits per heavy atom. The predicted molar refractivity (Wildman–Crippen MR) is 62.2 cm³/mol. The first-order valence-electron chi connectivity index (χ1n) is 5.89. The second-order valence-electron chi connectivity index (χ2n) is 4.52. The quantitative estimate of drug-likeness (QED) is 0.801. The lowest BCUT2D eigenvalue weighted by molar-refractivity contribution is 0.135. The maximum Gasteiger partial charge on any atom is 0.133 e. The van der Waals surface area contributed by atoms with E-state index in [4.69, 9.17) is 4.42 Å². The van der Waals surface area contributed by atoms with Crippen LogP contribution in [-0.2, 0) is 0 Å². The highest BCUT2D eigenvalue weighted by Gasteiger charge is 2.18. The zero-order valence-electron chi connectivity index (χ0n) is 9.72. The number of hydrogen-bond donors (Lipinski definition) is 2. The van der Waals surface area contributed by atoms with E-state index in [2.05, 4.69) is 17.3 Å². The van der Waals surface area contributed by atoms with Crippen LogP contribution in [0.2, 0.25) is 0 Å². The fourth-order valence-electron chi connectivity index (χ4n) is 2.07. The third-order valence-corrected chi connectivity index (χ3v) is 3.19. The Labute approximate surface area is 96.2 Å². The summed E-state index contributed by atoms with van der Waals surface area (Å²) in [5, 5.41) is 13.2. The molecule has 0 spiro atoms. The van der Waals surface area contributed by atoms with E-state index in [9.17, 15) is 5.11 Å². The lowest BCUT2D eigenvalue weighted by atomic mass is 10.1. The minimum absolute atomic E-state index is 0.529. The van der Waals surface area contributed by atoms with Crippen molar-refractivity contribution in [2.24, 2.45) is 0 Å². The highest BCUT2D eigenvalue weighted by Crippen LogP contribution is 2.13. The van der Waals surface area contributed by atoms with Crippen LogP contribution in [0, 0.1) is 0 Å². The molecule has 0 radical (unpaired) electrons. The number of rotatable bonds is 4. The number of aliphatic hydroxyl groups excluding tert-OH is 1. The Bertz CT molecular complexity index is 292. The first-order valence-corrected chi connectivity index (χ1v) is 5.89. The van der Waals surface area contributed by atoms with Gasteiger partial charge in [0.05, 0.1) is 6.26 Å². The van der Waals surface area contributed by atoms with E-state index < -0.39 is 6.10 Å². The van der Waals surface area contributed by atoms with Gasteiger partial charge in [-0.3, -0.25) is 0 Å². The standard InChI is InChI=1S/C12H20N2O2/c1-14-6-4-10(5-7-14)13-9-11(15)12-3-2-8-16-12/h2-3,8,10-11,13,15H,4-7,9H2,1H3. The maximum atomic E-state index is 9.83. The van der Waals surface area contributed by atoms with Gasteiger partial charge in [0.15, 0.2) is 0 Å². The summed E-state index contributed by atoms with van der Waals surface area (Å²) in [7, 11) is 2.15. The van der Waals surface area contributed by atoms with Gasteiger partial charge >= 0.3 is 0 Å². The van der Waals surface area contributed by atoms with E-state index in [1.807, 2.05) is 0 Å². The summed E-state index contributed by atoms with van der Waals surface area (Å²) in [6.45, 7) is 2.84. The summed E-state index contributed by atoms with van der Waals surface area (Å²) < 4.78 is 5.15. The number of furan rings is 1. The second kappa shape index (κ2) is 5.48. The summed E-state index contributed by atoms with van der Waals surface area (Å²) in [6.07, 6.45) is 3.37. The van der Waals surface area contributed by atoms with Gasteiger partial charge in [-0.2, -0.15) is 0 Å². The van der Waals surface area contributed by atoms with Crippen molar-refractivity contribution in [1.29, 1.82) is 0 Å². The van der Waals surface area contributed by atoms with Crippen LogP contribution in [-0.4, -0.2) is 42.7 Å². The molecule has 0 saturated carbocycles. The zero-order chi connectivity index (χ0) is 11.4. The van der Waals surface area contributed by atoms with Crippen molar-refractivity contribution >= 4 is 0 Å². The molecule has 2 heterocycles. The highest BCUT2D eigenvalue weighted by atomic mass is 16.4. The molecule has 4 heteroatoms. The third-order valence-electron chi connectivity index (χ3n) is 3.19. The lowest BCUT2D eigenvalue weighted by Gasteiger charge is -2.30. The molecule has 1 saturated heterocycles. The zero-order valence-corrected chi connectivity index (χ0v) is 9.72. The van der Waals surface area contributed by atoms with E-state index >= 15 is 0 Å². The average Bonchev–Trinajstić information content (AvgIpc) is 2.81. The van der Waals surface area contributed by atoms with Crippen LogP contribution in [0.25, 0.3) is 0 Å². The molecule has 0 bridgehead atoms. The normalized spacial score (nSPS) is 21.1. The summed E-state index contributed by atoms with van der Waals surface area (Å²) >= 11 is 0. The van der Waals surface area contributed by atoms with E-state index in [-0.39, 0.29) is 0 Å². The highest BCUT2D eigenvalue weighted by molar-refractivity contribution is 5.02. The molecule has 1 fully saturated rings. The van der Waals surface area contributed by atoms with Gasteiger partial charge in [-0.15, -0.1) is 0 Å². The SMILES string of the molecule is CN1CCC(NCC(O)c2ccco2)CC1. The molecule has 16 heavy (non-hydrogen) atoms. The van der Waals surface area contributed by atoms with Crippen molar-refractivity contribution in [3.8, 4) is 0 Å².